The van der Waals surface area contributed by atoms with Gasteiger partial charge in [-0.1, -0.05) is 5.16 Å². The molecule has 13 heavy (non-hydrogen) atoms. The van der Waals surface area contributed by atoms with Gasteiger partial charge >= 0.3 is 0 Å². The summed E-state index contributed by atoms with van der Waals surface area (Å²) in [5.74, 6) is 0.849. The largest absolute Gasteiger partial charge is 0.409 e. The second-order valence-electron chi connectivity index (χ2n) is 3.44. The van der Waals surface area contributed by atoms with Crippen LogP contribution in [0.3, 0.4) is 0 Å². The van der Waals surface area contributed by atoms with Crippen molar-refractivity contribution in [1.29, 1.82) is 0 Å². The van der Waals surface area contributed by atoms with Crippen LogP contribution in [0.4, 0.5) is 0 Å². The predicted octanol–water partition coefficient (Wildman–Crippen LogP) is 1.19. The summed E-state index contributed by atoms with van der Waals surface area (Å²) in [5, 5.41) is 11.7. The van der Waals surface area contributed by atoms with E-state index in [1.807, 2.05) is 29.1 Å². The molecule has 1 atom stereocenters. The lowest BCUT2D eigenvalue weighted by atomic mass is 10.1. The van der Waals surface area contributed by atoms with Crippen LogP contribution in [0.5, 0.6) is 0 Å². The Morgan fingerprint density at radius 3 is 2.54 bits per heavy atom. The predicted molar refractivity (Wildman–Crippen MR) is 49.6 cm³/mol. The number of nitrogens with two attached hydrogens (primary N) is 1. The molecule has 3 N–H and O–H groups in total. The van der Waals surface area contributed by atoms with Crippen molar-refractivity contribution >= 4 is 5.84 Å². The van der Waals surface area contributed by atoms with Crippen LogP contribution in [0.15, 0.2) is 29.7 Å². The van der Waals surface area contributed by atoms with Gasteiger partial charge in [0.1, 0.15) is 0 Å². The van der Waals surface area contributed by atoms with Gasteiger partial charge in [-0.2, -0.15) is 0 Å². The van der Waals surface area contributed by atoms with Gasteiger partial charge in [-0.3, -0.25) is 0 Å². The summed E-state index contributed by atoms with van der Waals surface area (Å²) in [4.78, 5) is 0. The molecule has 0 aromatic carbocycles. The normalized spacial score (nSPS) is 20.2. The Hall–Kier alpha value is -1.45. The van der Waals surface area contributed by atoms with Gasteiger partial charge in [-0.15, -0.1) is 0 Å². The van der Waals surface area contributed by atoms with Crippen molar-refractivity contribution in [3.63, 3.8) is 0 Å². The van der Waals surface area contributed by atoms with E-state index in [0.29, 0.717) is 11.8 Å². The van der Waals surface area contributed by atoms with E-state index >= 15 is 0 Å². The molecule has 4 nitrogen and oxygen atoms in total. The van der Waals surface area contributed by atoms with Gasteiger partial charge in [0, 0.05) is 12.4 Å². The summed E-state index contributed by atoms with van der Waals surface area (Å²) < 4.78 is 1.99. The molecule has 1 aliphatic rings. The zero-order valence-corrected chi connectivity index (χ0v) is 7.30. The number of oxime groups is 1. The first-order valence-electron chi connectivity index (χ1n) is 4.43. The van der Waals surface area contributed by atoms with Crippen LogP contribution >= 0.6 is 0 Å². The number of hydrogen-bond acceptors (Lipinski definition) is 2. The maximum absolute atomic E-state index is 8.63. The van der Waals surface area contributed by atoms with Crippen molar-refractivity contribution in [2.45, 2.75) is 18.9 Å². The van der Waals surface area contributed by atoms with Gasteiger partial charge in [0.05, 0.1) is 6.04 Å². The van der Waals surface area contributed by atoms with E-state index in [1.54, 1.807) is 0 Å². The van der Waals surface area contributed by atoms with E-state index < -0.39 is 0 Å². The Labute approximate surface area is 76.7 Å². The third-order valence-corrected chi connectivity index (χ3v) is 2.44. The fourth-order valence-corrected chi connectivity index (χ4v) is 1.64. The molecule has 1 heterocycles. The second-order valence-corrected chi connectivity index (χ2v) is 3.44. The minimum atomic E-state index is 0.0417. The van der Waals surface area contributed by atoms with Gasteiger partial charge in [0.25, 0.3) is 0 Å². The fourth-order valence-electron chi connectivity index (χ4n) is 1.64. The maximum Gasteiger partial charge on any atom is 0.162 e. The van der Waals surface area contributed by atoms with E-state index in [0.717, 1.165) is 0 Å². The third-order valence-electron chi connectivity index (χ3n) is 2.44. The molecular weight excluding hydrogens is 166 g/mol. The topological polar surface area (TPSA) is 63.5 Å². The smallest absolute Gasteiger partial charge is 0.162 e. The molecule has 1 aromatic heterocycles. The summed E-state index contributed by atoms with van der Waals surface area (Å²) in [5.41, 5.74) is 5.63. The third kappa shape index (κ3) is 1.52. The van der Waals surface area contributed by atoms with E-state index in [-0.39, 0.29) is 6.04 Å². The van der Waals surface area contributed by atoms with Crippen LogP contribution in [0, 0.1) is 5.92 Å². The SMILES string of the molecule is N/C(=N\O)C(C1CC1)n1cccc1. The van der Waals surface area contributed by atoms with E-state index in [4.69, 9.17) is 10.9 Å². The summed E-state index contributed by atoms with van der Waals surface area (Å²) >= 11 is 0. The van der Waals surface area contributed by atoms with Gasteiger partial charge < -0.3 is 15.5 Å². The molecule has 0 bridgehead atoms. The highest BCUT2D eigenvalue weighted by molar-refractivity contribution is 5.84. The molecule has 2 rings (SSSR count). The molecule has 0 aliphatic heterocycles. The van der Waals surface area contributed by atoms with Crippen molar-refractivity contribution in [1.82, 2.24) is 4.57 Å². The number of amidine groups is 1. The van der Waals surface area contributed by atoms with Crippen LogP contribution in [-0.4, -0.2) is 15.6 Å². The molecule has 1 unspecified atom stereocenters. The van der Waals surface area contributed by atoms with Gasteiger partial charge in [0.15, 0.2) is 5.84 Å². The molecule has 0 amide bonds. The number of nitrogens with zero attached hydrogens (tertiary/aromatic N) is 2. The number of aromatic nitrogens is 1. The van der Waals surface area contributed by atoms with Crippen LogP contribution in [0.1, 0.15) is 18.9 Å². The van der Waals surface area contributed by atoms with E-state index in [9.17, 15) is 0 Å². The highest BCUT2D eigenvalue weighted by Crippen LogP contribution is 2.39. The molecule has 1 fully saturated rings. The number of rotatable bonds is 3. The molecule has 70 valence electrons. The average molecular weight is 179 g/mol. The molecule has 4 heteroatoms. The standard InChI is InChI=1S/C9H13N3O/c10-9(11-13)8(7-3-4-7)12-5-1-2-6-12/h1-2,5-8,13H,3-4H2,(H2,10,11). The minimum absolute atomic E-state index is 0.0417. The summed E-state index contributed by atoms with van der Waals surface area (Å²) in [6, 6.07) is 3.93. The Bertz CT molecular complexity index is 301. The second kappa shape index (κ2) is 3.12. The van der Waals surface area contributed by atoms with Crippen molar-refractivity contribution in [3.05, 3.63) is 24.5 Å². The molecular formula is C9H13N3O. The van der Waals surface area contributed by atoms with Crippen molar-refractivity contribution in [2.75, 3.05) is 0 Å². The Kier molecular flexibility index (Phi) is 1.96. The summed E-state index contributed by atoms with van der Waals surface area (Å²) in [6.45, 7) is 0. The fraction of sp³-hybridized carbons (Fsp3) is 0.444. The zero-order chi connectivity index (χ0) is 9.26. The Balaban J connectivity index is 2.24. The van der Waals surface area contributed by atoms with Crippen LogP contribution < -0.4 is 5.73 Å². The van der Waals surface area contributed by atoms with Crippen molar-refractivity contribution < 1.29 is 5.21 Å². The minimum Gasteiger partial charge on any atom is -0.409 e. The first-order valence-corrected chi connectivity index (χ1v) is 4.43. The van der Waals surface area contributed by atoms with Crippen LogP contribution in [0.2, 0.25) is 0 Å². The molecule has 0 radical (unpaired) electrons. The van der Waals surface area contributed by atoms with Gasteiger partial charge in [-0.25, -0.2) is 0 Å². The van der Waals surface area contributed by atoms with E-state index in [1.165, 1.54) is 12.8 Å². The molecule has 1 aliphatic carbocycles. The zero-order valence-electron chi connectivity index (χ0n) is 7.30. The van der Waals surface area contributed by atoms with Gasteiger partial charge in [0.2, 0.25) is 0 Å². The summed E-state index contributed by atoms with van der Waals surface area (Å²) in [7, 11) is 0. The maximum atomic E-state index is 8.63. The Morgan fingerprint density at radius 1 is 1.46 bits per heavy atom. The Morgan fingerprint density at radius 2 is 2.08 bits per heavy atom. The van der Waals surface area contributed by atoms with Gasteiger partial charge in [-0.05, 0) is 30.9 Å². The molecule has 1 saturated carbocycles. The lowest BCUT2D eigenvalue weighted by Gasteiger charge is -2.16. The first kappa shape index (κ1) is 8.16. The number of hydrogen-bond donors (Lipinski definition) is 2. The summed E-state index contributed by atoms with van der Waals surface area (Å²) in [6.07, 6.45) is 6.22. The first-order chi connectivity index (χ1) is 6.33. The lowest BCUT2D eigenvalue weighted by Crippen LogP contribution is -2.27. The average Bonchev–Trinajstić information content (AvgIpc) is 2.81. The highest BCUT2D eigenvalue weighted by Gasteiger charge is 2.34. The molecule has 1 aromatic rings. The van der Waals surface area contributed by atoms with Crippen LogP contribution in [0.25, 0.3) is 0 Å². The molecule has 0 spiro atoms. The monoisotopic (exact) mass is 179 g/mol. The van der Waals surface area contributed by atoms with Crippen molar-refractivity contribution in [2.24, 2.45) is 16.8 Å². The molecule has 0 saturated heterocycles. The van der Waals surface area contributed by atoms with Crippen LogP contribution in [-0.2, 0) is 0 Å². The quantitative estimate of drug-likeness (QED) is 0.317. The highest BCUT2D eigenvalue weighted by atomic mass is 16.4. The van der Waals surface area contributed by atoms with Crippen molar-refractivity contribution in [3.8, 4) is 0 Å². The van der Waals surface area contributed by atoms with E-state index in [2.05, 4.69) is 5.16 Å². The lowest BCUT2D eigenvalue weighted by molar-refractivity contribution is 0.312.